The third-order valence-electron chi connectivity index (χ3n) is 4.06. The minimum absolute atomic E-state index is 0.0391. The molecule has 0 fully saturated rings. The second-order valence-corrected chi connectivity index (χ2v) is 5.56. The predicted molar refractivity (Wildman–Crippen MR) is 84.6 cm³/mol. The van der Waals surface area contributed by atoms with E-state index in [2.05, 4.69) is 54.0 Å². The summed E-state index contributed by atoms with van der Waals surface area (Å²) in [5.41, 5.74) is 5.53. The Bertz CT molecular complexity index is 679. The van der Waals surface area contributed by atoms with Crippen molar-refractivity contribution in [3.8, 4) is 0 Å². The average molecular weight is 280 g/mol. The molecular weight excluding hydrogens is 260 g/mol. The first-order valence-electron chi connectivity index (χ1n) is 7.34. The molecule has 3 rings (SSSR count). The Balaban J connectivity index is 2.02. The molecule has 0 aliphatic carbocycles. The van der Waals surface area contributed by atoms with Gasteiger partial charge in [0.1, 0.15) is 0 Å². The Hall–Kier alpha value is -2.13. The molecule has 0 saturated carbocycles. The van der Waals surface area contributed by atoms with E-state index in [1.165, 1.54) is 11.1 Å². The lowest BCUT2D eigenvalue weighted by Crippen LogP contribution is -2.32. The topological polar surface area (TPSA) is 41.1 Å². The fourth-order valence-corrected chi connectivity index (χ4v) is 2.98. The summed E-state index contributed by atoms with van der Waals surface area (Å²) >= 11 is 0. The van der Waals surface area contributed by atoms with Crippen molar-refractivity contribution in [1.82, 2.24) is 10.6 Å². The summed E-state index contributed by atoms with van der Waals surface area (Å²) in [6.07, 6.45) is 0.913. The van der Waals surface area contributed by atoms with Crippen LogP contribution in [0, 0.1) is 6.92 Å². The smallest absolute Gasteiger partial charge is 0.251 e. The number of fused-ring (bicyclic) bond motifs is 1. The van der Waals surface area contributed by atoms with E-state index in [1.54, 1.807) is 0 Å². The van der Waals surface area contributed by atoms with Gasteiger partial charge in [-0.05, 0) is 43.1 Å². The molecule has 2 aromatic rings. The fourth-order valence-electron chi connectivity index (χ4n) is 2.98. The lowest BCUT2D eigenvalue weighted by Gasteiger charge is -2.22. The molecule has 0 spiro atoms. The van der Waals surface area contributed by atoms with E-state index in [4.69, 9.17) is 0 Å². The normalized spacial score (nSPS) is 15.2. The zero-order valence-corrected chi connectivity index (χ0v) is 12.4. The van der Waals surface area contributed by atoms with Gasteiger partial charge in [-0.25, -0.2) is 0 Å². The van der Waals surface area contributed by atoms with Crippen LogP contribution in [0.3, 0.4) is 0 Å². The Morgan fingerprint density at radius 1 is 1.14 bits per heavy atom. The van der Waals surface area contributed by atoms with Gasteiger partial charge >= 0.3 is 0 Å². The largest absolute Gasteiger partial charge is 0.352 e. The number of nitrogens with one attached hydrogen (secondary N) is 2. The Labute approximate surface area is 125 Å². The molecule has 0 saturated heterocycles. The molecule has 0 radical (unpaired) electrons. The molecule has 1 aliphatic heterocycles. The Morgan fingerprint density at radius 2 is 1.95 bits per heavy atom. The number of hydrogen-bond donors (Lipinski definition) is 2. The lowest BCUT2D eigenvalue weighted by molar-refractivity contribution is 0.0946. The highest BCUT2D eigenvalue weighted by Gasteiger charge is 2.19. The number of benzene rings is 2. The predicted octanol–water partition coefficient (Wildman–Crippen LogP) is 2.59. The van der Waals surface area contributed by atoms with Crippen molar-refractivity contribution in [3.63, 3.8) is 0 Å². The SMILES string of the molecule is CNC(c1cccc(C)c1)c1ccc2c(c1)C(=O)NCC2. The van der Waals surface area contributed by atoms with E-state index >= 15 is 0 Å². The molecule has 1 atom stereocenters. The van der Waals surface area contributed by atoms with Gasteiger partial charge < -0.3 is 10.6 Å². The van der Waals surface area contributed by atoms with E-state index in [-0.39, 0.29) is 11.9 Å². The summed E-state index contributed by atoms with van der Waals surface area (Å²) in [4.78, 5) is 12.0. The van der Waals surface area contributed by atoms with E-state index in [9.17, 15) is 4.79 Å². The van der Waals surface area contributed by atoms with Gasteiger partial charge in [0.25, 0.3) is 5.91 Å². The monoisotopic (exact) mass is 280 g/mol. The molecule has 3 heteroatoms. The molecular formula is C18H20N2O. The third-order valence-corrected chi connectivity index (χ3v) is 4.06. The highest BCUT2D eigenvalue weighted by molar-refractivity contribution is 5.96. The van der Waals surface area contributed by atoms with Crippen LogP contribution in [-0.4, -0.2) is 19.5 Å². The van der Waals surface area contributed by atoms with Gasteiger partial charge in [-0.1, -0.05) is 42.0 Å². The van der Waals surface area contributed by atoms with Crippen molar-refractivity contribution in [3.05, 3.63) is 70.3 Å². The van der Waals surface area contributed by atoms with Crippen LogP contribution in [0.25, 0.3) is 0 Å². The second-order valence-electron chi connectivity index (χ2n) is 5.56. The molecule has 1 unspecified atom stereocenters. The van der Waals surface area contributed by atoms with Gasteiger partial charge in [-0.15, -0.1) is 0 Å². The zero-order valence-electron chi connectivity index (χ0n) is 12.4. The first-order valence-corrected chi connectivity index (χ1v) is 7.34. The van der Waals surface area contributed by atoms with Crippen LogP contribution in [0.5, 0.6) is 0 Å². The first-order chi connectivity index (χ1) is 10.2. The summed E-state index contributed by atoms with van der Waals surface area (Å²) in [6.45, 7) is 2.83. The first kappa shape index (κ1) is 13.8. The van der Waals surface area contributed by atoms with Crippen LogP contribution < -0.4 is 10.6 Å². The van der Waals surface area contributed by atoms with Crippen molar-refractivity contribution in [2.75, 3.05) is 13.6 Å². The average Bonchev–Trinajstić information content (AvgIpc) is 2.49. The minimum atomic E-state index is 0.0391. The maximum absolute atomic E-state index is 12.0. The lowest BCUT2D eigenvalue weighted by atomic mass is 9.92. The molecule has 0 bridgehead atoms. The maximum atomic E-state index is 12.0. The standard InChI is InChI=1S/C18H20N2O/c1-12-4-3-5-14(10-12)17(19-2)15-7-6-13-8-9-20-18(21)16(13)11-15/h3-7,10-11,17,19H,8-9H2,1-2H3,(H,20,21). The molecule has 1 aliphatic rings. The van der Waals surface area contributed by atoms with Crippen LogP contribution in [-0.2, 0) is 6.42 Å². The van der Waals surface area contributed by atoms with Crippen molar-refractivity contribution in [2.24, 2.45) is 0 Å². The van der Waals surface area contributed by atoms with Gasteiger partial charge in [0.05, 0.1) is 6.04 Å². The molecule has 2 N–H and O–H groups in total. The van der Waals surface area contributed by atoms with Crippen molar-refractivity contribution in [2.45, 2.75) is 19.4 Å². The van der Waals surface area contributed by atoms with Crippen molar-refractivity contribution in [1.29, 1.82) is 0 Å². The van der Waals surface area contributed by atoms with Crippen LogP contribution in [0.1, 0.15) is 38.7 Å². The molecule has 1 heterocycles. The Morgan fingerprint density at radius 3 is 2.71 bits per heavy atom. The van der Waals surface area contributed by atoms with Gasteiger partial charge in [0.15, 0.2) is 0 Å². The summed E-state index contributed by atoms with van der Waals surface area (Å²) in [7, 11) is 1.95. The summed E-state index contributed by atoms with van der Waals surface area (Å²) < 4.78 is 0. The summed E-state index contributed by atoms with van der Waals surface area (Å²) in [6, 6.07) is 14.8. The van der Waals surface area contributed by atoms with Crippen LogP contribution in [0.2, 0.25) is 0 Å². The fraction of sp³-hybridized carbons (Fsp3) is 0.278. The van der Waals surface area contributed by atoms with Gasteiger partial charge in [-0.2, -0.15) is 0 Å². The van der Waals surface area contributed by atoms with Gasteiger partial charge in [-0.3, -0.25) is 4.79 Å². The minimum Gasteiger partial charge on any atom is -0.352 e. The zero-order chi connectivity index (χ0) is 14.8. The maximum Gasteiger partial charge on any atom is 0.251 e. The number of amides is 1. The number of carbonyl (C=O) groups excluding carboxylic acids is 1. The molecule has 108 valence electrons. The summed E-state index contributed by atoms with van der Waals surface area (Å²) in [5, 5.41) is 6.26. The van der Waals surface area contributed by atoms with Crippen molar-refractivity contribution >= 4 is 5.91 Å². The molecule has 2 aromatic carbocycles. The van der Waals surface area contributed by atoms with Crippen LogP contribution in [0.15, 0.2) is 42.5 Å². The van der Waals surface area contributed by atoms with Crippen LogP contribution in [0.4, 0.5) is 0 Å². The summed E-state index contributed by atoms with van der Waals surface area (Å²) in [5.74, 6) is 0.0391. The molecule has 1 amide bonds. The van der Waals surface area contributed by atoms with Gasteiger partial charge in [0, 0.05) is 12.1 Å². The van der Waals surface area contributed by atoms with E-state index in [0.29, 0.717) is 0 Å². The molecule has 21 heavy (non-hydrogen) atoms. The number of carbonyl (C=O) groups is 1. The number of rotatable bonds is 3. The van der Waals surface area contributed by atoms with Crippen molar-refractivity contribution < 1.29 is 4.79 Å². The van der Waals surface area contributed by atoms with Gasteiger partial charge in [0.2, 0.25) is 0 Å². The Kier molecular flexibility index (Phi) is 3.76. The third kappa shape index (κ3) is 2.69. The number of aryl methyl sites for hydroxylation is 1. The number of hydrogen-bond acceptors (Lipinski definition) is 2. The molecule has 3 nitrogen and oxygen atoms in total. The van der Waals surface area contributed by atoms with E-state index < -0.39 is 0 Å². The second kappa shape index (κ2) is 5.70. The van der Waals surface area contributed by atoms with Crippen LogP contribution >= 0.6 is 0 Å². The highest BCUT2D eigenvalue weighted by Crippen LogP contribution is 2.25. The quantitative estimate of drug-likeness (QED) is 0.907. The van der Waals surface area contributed by atoms with E-state index in [0.717, 1.165) is 29.7 Å². The molecule has 0 aromatic heterocycles. The highest BCUT2D eigenvalue weighted by atomic mass is 16.1. The van der Waals surface area contributed by atoms with E-state index in [1.807, 2.05) is 13.1 Å².